The van der Waals surface area contributed by atoms with E-state index in [1.807, 2.05) is 19.1 Å². The van der Waals surface area contributed by atoms with Crippen LogP contribution in [0.1, 0.15) is 21.6 Å². The van der Waals surface area contributed by atoms with Crippen LogP contribution in [-0.4, -0.2) is 64.9 Å². The van der Waals surface area contributed by atoms with Crippen LogP contribution in [0.3, 0.4) is 0 Å². The number of amides is 1. The predicted molar refractivity (Wildman–Crippen MR) is 131 cm³/mol. The van der Waals surface area contributed by atoms with Crippen molar-refractivity contribution in [3.8, 4) is 11.3 Å². The summed E-state index contributed by atoms with van der Waals surface area (Å²) in [5, 5.41) is 7.88. The van der Waals surface area contributed by atoms with E-state index in [9.17, 15) is 14.0 Å². The molecule has 1 aliphatic rings. The summed E-state index contributed by atoms with van der Waals surface area (Å²) in [7, 11) is 0. The monoisotopic (exact) mass is 491 g/mol. The van der Waals surface area contributed by atoms with Crippen LogP contribution in [0.5, 0.6) is 0 Å². The standard InChI is InChI=1S/C26H26FN5O4/c1-17-23(16-36-30-17)24-13-19-2-4-32(26(34)22(19)14-29-24)15-18-10-20(12-21(27)11-18)25(33)28-3-5-31-6-8-35-9-7-31/h2,4,10-14,16H,3,5-9,15H2,1H3,(H,28,33). The molecule has 0 radical (unpaired) electrons. The van der Waals surface area contributed by atoms with Crippen molar-refractivity contribution in [2.45, 2.75) is 13.5 Å². The van der Waals surface area contributed by atoms with Crippen LogP contribution >= 0.6 is 0 Å². The van der Waals surface area contributed by atoms with Gasteiger partial charge in [0.05, 0.1) is 42.1 Å². The number of aromatic nitrogens is 3. The molecule has 5 rings (SSSR count). The summed E-state index contributed by atoms with van der Waals surface area (Å²) >= 11 is 0. The highest BCUT2D eigenvalue weighted by Gasteiger charge is 2.14. The number of carbonyl (C=O) groups is 1. The Morgan fingerprint density at radius 1 is 1.19 bits per heavy atom. The second-order valence-corrected chi connectivity index (χ2v) is 8.78. The lowest BCUT2D eigenvalue weighted by atomic mass is 10.1. The molecule has 1 fully saturated rings. The van der Waals surface area contributed by atoms with Gasteiger partial charge in [-0.1, -0.05) is 5.16 Å². The Morgan fingerprint density at radius 2 is 2.03 bits per heavy atom. The molecule has 186 valence electrons. The molecule has 36 heavy (non-hydrogen) atoms. The fraction of sp³-hybridized carbons (Fsp3) is 0.308. The summed E-state index contributed by atoms with van der Waals surface area (Å²) in [5.41, 5.74) is 2.61. The SMILES string of the molecule is Cc1nocc1-c1cc2ccn(Cc3cc(F)cc(C(=O)NCCN4CCOCC4)c3)c(=O)c2cn1. The molecule has 3 aromatic heterocycles. The largest absolute Gasteiger partial charge is 0.379 e. The van der Waals surface area contributed by atoms with Crippen molar-refractivity contribution in [1.82, 2.24) is 24.9 Å². The number of nitrogens with zero attached hydrogens (tertiary/aromatic N) is 4. The first-order valence-electron chi connectivity index (χ1n) is 11.8. The fourth-order valence-corrected chi connectivity index (χ4v) is 4.31. The number of rotatable bonds is 7. The Labute approximate surface area is 206 Å². The molecule has 4 aromatic rings. The van der Waals surface area contributed by atoms with Gasteiger partial charge in [-0.25, -0.2) is 4.39 Å². The average molecular weight is 492 g/mol. The lowest BCUT2D eigenvalue weighted by Crippen LogP contribution is -2.41. The van der Waals surface area contributed by atoms with Gasteiger partial charge >= 0.3 is 0 Å². The summed E-state index contributed by atoms with van der Waals surface area (Å²) in [4.78, 5) is 32.3. The number of hydrogen-bond acceptors (Lipinski definition) is 7. The van der Waals surface area contributed by atoms with Crippen molar-refractivity contribution in [2.75, 3.05) is 39.4 Å². The Balaban J connectivity index is 1.31. The minimum Gasteiger partial charge on any atom is -0.379 e. The van der Waals surface area contributed by atoms with Crippen LogP contribution in [-0.2, 0) is 11.3 Å². The predicted octanol–water partition coefficient (Wildman–Crippen LogP) is 2.61. The van der Waals surface area contributed by atoms with Crippen molar-refractivity contribution in [3.05, 3.63) is 82.0 Å². The highest BCUT2D eigenvalue weighted by atomic mass is 19.1. The molecule has 0 aliphatic carbocycles. The number of carbonyl (C=O) groups excluding carboxylic acids is 1. The highest BCUT2D eigenvalue weighted by Crippen LogP contribution is 2.23. The number of fused-ring (bicyclic) bond motifs is 1. The third-order valence-electron chi connectivity index (χ3n) is 6.28. The number of morpholine rings is 1. The van der Waals surface area contributed by atoms with Crippen molar-refractivity contribution in [2.24, 2.45) is 0 Å². The van der Waals surface area contributed by atoms with Crippen LogP contribution in [0, 0.1) is 12.7 Å². The van der Waals surface area contributed by atoms with Gasteiger partial charge in [-0.15, -0.1) is 0 Å². The van der Waals surface area contributed by atoms with Crippen LogP contribution in [0.4, 0.5) is 4.39 Å². The summed E-state index contributed by atoms with van der Waals surface area (Å²) in [6, 6.07) is 7.76. The number of halogens is 1. The number of nitrogens with one attached hydrogen (secondary N) is 1. The van der Waals surface area contributed by atoms with E-state index in [4.69, 9.17) is 9.26 Å². The van der Waals surface area contributed by atoms with E-state index in [0.29, 0.717) is 48.6 Å². The maximum absolute atomic E-state index is 14.4. The molecule has 0 spiro atoms. The number of pyridine rings is 2. The third-order valence-corrected chi connectivity index (χ3v) is 6.28. The zero-order chi connectivity index (χ0) is 25.1. The topological polar surface area (TPSA) is 102 Å². The lowest BCUT2D eigenvalue weighted by molar-refractivity contribution is 0.0383. The molecule has 10 heteroatoms. The van der Waals surface area contributed by atoms with Gasteiger partial charge in [-0.05, 0) is 48.2 Å². The molecule has 1 amide bonds. The van der Waals surface area contributed by atoms with Crippen molar-refractivity contribution < 1.29 is 18.4 Å². The molecule has 1 aromatic carbocycles. The Hall–Kier alpha value is -3.89. The van der Waals surface area contributed by atoms with Crippen molar-refractivity contribution in [3.63, 3.8) is 0 Å². The number of ether oxygens (including phenoxy) is 1. The van der Waals surface area contributed by atoms with Gasteiger partial charge in [0.1, 0.15) is 12.1 Å². The number of benzene rings is 1. The smallest absolute Gasteiger partial charge is 0.260 e. The summed E-state index contributed by atoms with van der Waals surface area (Å²) in [6.07, 6.45) is 4.70. The normalized spacial score (nSPS) is 14.3. The number of aryl methyl sites for hydroxylation is 1. The lowest BCUT2D eigenvalue weighted by Gasteiger charge is -2.26. The van der Waals surface area contributed by atoms with E-state index < -0.39 is 5.82 Å². The summed E-state index contributed by atoms with van der Waals surface area (Å²) < 4.78 is 26.1. The minimum atomic E-state index is -0.532. The first-order chi connectivity index (χ1) is 17.5. The Kier molecular flexibility index (Phi) is 6.88. The second-order valence-electron chi connectivity index (χ2n) is 8.78. The zero-order valence-corrected chi connectivity index (χ0v) is 19.9. The van der Waals surface area contributed by atoms with Crippen molar-refractivity contribution >= 4 is 16.7 Å². The van der Waals surface area contributed by atoms with Crippen molar-refractivity contribution in [1.29, 1.82) is 0 Å². The molecule has 1 aliphatic heterocycles. The highest BCUT2D eigenvalue weighted by molar-refractivity contribution is 5.94. The van der Waals surface area contributed by atoms with E-state index in [0.717, 1.165) is 24.0 Å². The van der Waals surface area contributed by atoms with Gasteiger partial charge in [-0.3, -0.25) is 19.5 Å². The molecular formula is C26H26FN5O4. The molecule has 0 atom stereocenters. The average Bonchev–Trinajstić information content (AvgIpc) is 3.31. The molecule has 4 heterocycles. The Bertz CT molecular complexity index is 1460. The first-order valence-corrected chi connectivity index (χ1v) is 11.8. The first kappa shape index (κ1) is 23.8. The van der Waals surface area contributed by atoms with Gasteiger partial charge in [-0.2, -0.15) is 0 Å². The van der Waals surface area contributed by atoms with Crippen LogP contribution in [0.15, 0.2) is 58.3 Å². The molecule has 9 nitrogen and oxygen atoms in total. The van der Waals surface area contributed by atoms with Crippen LogP contribution < -0.4 is 10.9 Å². The molecule has 1 N–H and O–H groups in total. The fourth-order valence-electron chi connectivity index (χ4n) is 4.31. The van der Waals surface area contributed by atoms with Gasteiger partial charge in [0.15, 0.2) is 0 Å². The number of hydrogen-bond donors (Lipinski definition) is 1. The molecule has 0 unspecified atom stereocenters. The van der Waals surface area contributed by atoms with E-state index in [-0.39, 0.29) is 23.6 Å². The third kappa shape index (κ3) is 5.19. The van der Waals surface area contributed by atoms with Gasteiger partial charge in [0.2, 0.25) is 0 Å². The van der Waals surface area contributed by atoms with E-state index in [1.165, 1.54) is 29.2 Å². The van der Waals surface area contributed by atoms with Crippen LogP contribution in [0.25, 0.3) is 22.0 Å². The molecule has 1 saturated heterocycles. The zero-order valence-electron chi connectivity index (χ0n) is 19.9. The molecular weight excluding hydrogens is 465 g/mol. The van der Waals surface area contributed by atoms with E-state index in [1.54, 1.807) is 12.3 Å². The maximum Gasteiger partial charge on any atom is 0.260 e. The van der Waals surface area contributed by atoms with E-state index in [2.05, 4.69) is 20.4 Å². The van der Waals surface area contributed by atoms with Gasteiger partial charge < -0.3 is 19.1 Å². The maximum atomic E-state index is 14.4. The minimum absolute atomic E-state index is 0.118. The second kappa shape index (κ2) is 10.4. The summed E-state index contributed by atoms with van der Waals surface area (Å²) in [5.74, 6) is -0.884. The van der Waals surface area contributed by atoms with Crippen LogP contribution in [0.2, 0.25) is 0 Å². The van der Waals surface area contributed by atoms with Gasteiger partial charge in [0.25, 0.3) is 11.5 Å². The Morgan fingerprint density at radius 3 is 2.81 bits per heavy atom. The molecule has 0 saturated carbocycles. The van der Waals surface area contributed by atoms with Gasteiger partial charge in [0, 0.05) is 44.1 Å². The molecule has 0 bridgehead atoms. The summed E-state index contributed by atoms with van der Waals surface area (Å²) in [6.45, 7) is 6.14. The quantitative estimate of drug-likeness (QED) is 0.424. The van der Waals surface area contributed by atoms with E-state index >= 15 is 0 Å².